The quantitative estimate of drug-likeness (QED) is 0.851. The summed E-state index contributed by atoms with van der Waals surface area (Å²) in [7, 11) is 0. The number of benzene rings is 1. The standard InChI is InChI=1S/C13H16BrF3N2.ClH/c14-11-3-2-10(12(8-11)13(15,16)17)9-19-6-1-4-18-5-7-19;/h2-3,8,18H,1,4-7,9H2;1H. The first-order valence-electron chi connectivity index (χ1n) is 6.25. The third kappa shape index (κ3) is 4.91. The van der Waals surface area contributed by atoms with E-state index in [0.29, 0.717) is 16.6 Å². The van der Waals surface area contributed by atoms with Gasteiger partial charge in [-0.05, 0) is 37.2 Å². The SMILES string of the molecule is Cl.FC(F)(F)c1cc(Br)ccc1CN1CCCNCC1. The smallest absolute Gasteiger partial charge is 0.315 e. The zero-order valence-corrected chi connectivity index (χ0v) is 13.2. The van der Waals surface area contributed by atoms with Crippen molar-refractivity contribution in [3.63, 3.8) is 0 Å². The second-order valence-electron chi connectivity index (χ2n) is 4.68. The normalized spacial score (nSPS) is 17.4. The van der Waals surface area contributed by atoms with Crippen LogP contribution in [0.2, 0.25) is 0 Å². The number of nitrogens with one attached hydrogen (secondary N) is 1. The van der Waals surface area contributed by atoms with E-state index in [2.05, 4.69) is 26.1 Å². The number of nitrogens with zero attached hydrogens (tertiary/aromatic N) is 1. The molecule has 2 nitrogen and oxygen atoms in total. The van der Waals surface area contributed by atoms with Crippen LogP contribution in [0, 0.1) is 0 Å². The van der Waals surface area contributed by atoms with Gasteiger partial charge in [0.2, 0.25) is 0 Å². The van der Waals surface area contributed by atoms with E-state index in [1.165, 1.54) is 0 Å². The van der Waals surface area contributed by atoms with Crippen LogP contribution in [-0.2, 0) is 12.7 Å². The van der Waals surface area contributed by atoms with Gasteiger partial charge >= 0.3 is 6.18 Å². The average molecular weight is 374 g/mol. The summed E-state index contributed by atoms with van der Waals surface area (Å²) in [6.45, 7) is 3.73. The highest BCUT2D eigenvalue weighted by Crippen LogP contribution is 2.34. The van der Waals surface area contributed by atoms with Gasteiger partial charge in [0.05, 0.1) is 5.56 Å². The van der Waals surface area contributed by atoms with Gasteiger partial charge in [0.1, 0.15) is 0 Å². The minimum Gasteiger partial charge on any atom is -0.315 e. The fourth-order valence-corrected chi connectivity index (χ4v) is 2.61. The van der Waals surface area contributed by atoms with E-state index >= 15 is 0 Å². The topological polar surface area (TPSA) is 15.3 Å². The summed E-state index contributed by atoms with van der Waals surface area (Å²) in [5.74, 6) is 0. The van der Waals surface area contributed by atoms with Crippen molar-refractivity contribution >= 4 is 28.3 Å². The predicted molar refractivity (Wildman–Crippen MR) is 79.2 cm³/mol. The Labute approximate surface area is 131 Å². The zero-order chi connectivity index (χ0) is 13.9. The van der Waals surface area contributed by atoms with Crippen LogP contribution >= 0.6 is 28.3 Å². The first kappa shape index (κ1) is 17.8. The van der Waals surface area contributed by atoms with Crippen LogP contribution in [0.5, 0.6) is 0 Å². The molecule has 1 fully saturated rings. The van der Waals surface area contributed by atoms with Crippen molar-refractivity contribution in [1.82, 2.24) is 10.2 Å². The average Bonchev–Trinajstić information content (AvgIpc) is 2.59. The van der Waals surface area contributed by atoms with Crippen LogP contribution < -0.4 is 5.32 Å². The fourth-order valence-electron chi connectivity index (χ4n) is 2.25. The minimum atomic E-state index is -4.30. The highest BCUT2D eigenvalue weighted by Gasteiger charge is 2.33. The van der Waals surface area contributed by atoms with E-state index in [1.807, 2.05) is 0 Å². The maximum Gasteiger partial charge on any atom is 0.416 e. The molecule has 0 radical (unpaired) electrons. The molecule has 0 unspecified atom stereocenters. The van der Waals surface area contributed by atoms with E-state index in [1.54, 1.807) is 12.1 Å². The lowest BCUT2D eigenvalue weighted by Crippen LogP contribution is -2.28. The van der Waals surface area contributed by atoms with Crippen LogP contribution in [0.15, 0.2) is 22.7 Å². The second-order valence-corrected chi connectivity index (χ2v) is 5.59. The molecule has 0 bridgehead atoms. The van der Waals surface area contributed by atoms with Crippen LogP contribution in [-0.4, -0.2) is 31.1 Å². The molecule has 0 saturated carbocycles. The summed E-state index contributed by atoms with van der Waals surface area (Å²) < 4.78 is 39.5. The lowest BCUT2D eigenvalue weighted by Gasteiger charge is -2.22. The molecule has 0 spiro atoms. The largest absolute Gasteiger partial charge is 0.416 e. The molecule has 7 heteroatoms. The van der Waals surface area contributed by atoms with Gasteiger partial charge in [0, 0.05) is 24.1 Å². The summed E-state index contributed by atoms with van der Waals surface area (Å²) in [4.78, 5) is 2.07. The van der Waals surface area contributed by atoms with Gasteiger partial charge in [-0.3, -0.25) is 4.90 Å². The van der Waals surface area contributed by atoms with Gasteiger partial charge in [-0.2, -0.15) is 13.2 Å². The van der Waals surface area contributed by atoms with Gasteiger partial charge in [0.15, 0.2) is 0 Å². The molecule has 114 valence electrons. The molecule has 0 amide bonds. The molecule has 20 heavy (non-hydrogen) atoms. The molecule has 1 saturated heterocycles. The maximum absolute atomic E-state index is 13.0. The van der Waals surface area contributed by atoms with Crippen LogP contribution in [0.4, 0.5) is 13.2 Å². The molecular formula is C13H17BrClF3N2. The van der Waals surface area contributed by atoms with Crippen molar-refractivity contribution in [2.75, 3.05) is 26.2 Å². The van der Waals surface area contributed by atoms with E-state index in [9.17, 15) is 13.2 Å². The molecule has 0 aromatic heterocycles. The Morgan fingerprint density at radius 3 is 2.65 bits per heavy atom. The van der Waals surface area contributed by atoms with Crippen LogP contribution in [0.1, 0.15) is 17.5 Å². The highest BCUT2D eigenvalue weighted by molar-refractivity contribution is 9.10. The number of rotatable bonds is 2. The number of alkyl halides is 3. The van der Waals surface area contributed by atoms with Crippen molar-refractivity contribution in [3.05, 3.63) is 33.8 Å². The Bertz CT molecular complexity index is 432. The first-order valence-corrected chi connectivity index (χ1v) is 7.05. The second kappa shape index (κ2) is 7.64. The highest BCUT2D eigenvalue weighted by atomic mass is 79.9. The molecule has 1 aliphatic heterocycles. The van der Waals surface area contributed by atoms with Gasteiger partial charge < -0.3 is 5.32 Å². The van der Waals surface area contributed by atoms with Crippen molar-refractivity contribution in [3.8, 4) is 0 Å². The Hall–Kier alpha value is -0.300. The Morgan fingerprint density at radius 2 is 1.95 bits per heavy atom. The number of hydrogen-bond donors (Lipinski definition) is 1. The summed E-state index contributed by atoms with van der Waals surface area (Å²) in [6, 6.07) is 4.39. The molecule has 2 rings (SSSR count). The van der Waals surface area contributed by atoms with Gasteiger partial charge in [0.25, 0.3) is 0 Å². The Morgan fingerprint density at radius 1 is 1.20 bits per heavy atom. The summed E-state index contributed by atoms with van der Waals surface area (Å²) in [5.41, 5.74) is -0.198. The third-order valence-electron chi connectivity index (χ3n) is 3.20. The monoisotopic (exact) mass is 372 g/mol. The number of halogens is 5. The lowest BCUT2D eigenvalue weighted by molar-refractivity contribution is -0.138. The van der Waals surface area contributed by atoms with Crippen molar-refractivity contribution in [2.24, 2.45) is 0 Å². The van der Waals surface area contributed by atoms with Crippen molar-refractivity contribution in [2.45, 2.75) is 19.1 Å². The molecule has 1 N–H and O–H groups in total. The molecular weight excluding hydrogens is 357 g/mol. The summed E-state index contributed by atoms with van der Waals surface area (Å²) in [5, 5.41) is 3.25. The molecule has 1 aromatic rings. The maximum atomic E-state index is 13.0. The van der Waals surface area contributed by atoms with E-state index < -0.39 is 11.7 Å². The van der Waals surface area contributed by atoms with E-state index in [0.717, 1.165) is 38.7 Å². The Kier molecular flexibility index (Phi) is 6.78. The van der Waals surface area contributed by atoms with Gasteiger partial charge in [-0.1, -0.05) is 22.0 Å². The summed E-state index contributed by atoms with van der Waals surface area (Å²) >= 11 is 3.10. The van der Waals surface area contributed by atoms with E-state index in [-0.39, 0.29) is 12.4 Å². The molecule has 1 heterocycles. The van der Waals surface area contributed by atoms with Crippen LogP contribution in [0.25, 0.3) is 0 Å². The lowest BCUT2D eigenvalue weighted by atomic mass is 10.1. The first-order chi connectivity index (χ1) is 8.97. The number of hydrogen-bond acceptors (Lipinski definition) is 2. The van der Waals surface area contributed by atoms with Crippen LogP contribution in [0.3, 0.4) is 0 Å². The third-order valence-corrected chi connectivity index (χ3v) is 3.70. The Balaban J connectivity index is 0.00000200. The molecule has 1 aromatic carbocycles. The fraction of sp³-hybridized carbons (Fsp3) is 0.538. The zero-order valence-electron chi connectivity index (χ0n) is 10.8. The molecule has 1 aliphatic rings. The van der Waals surface area contributed by atoms with Gasteiger partial charge in [-0.15, -0.1) is 12.4 Å². The van der Waals surface area contributed by atoms with E-state index in [4.69, 9.17) is 0 Å². The predicted octanol–water partition coefficient (Wildman–Crippen LogP) is 3.69. The van der Waals surface area contributed by atoms with Gasteiger partial charge in [-0.25, -0.2) is 0 Å². The summed E-state index contributed by atoms with van der Waals surface area (Å²) in [6.07, 6.45) is -3.33. The van der Waals surface area contributed by atoms with Crippen molar-refractivity contribution < 1.29 is 13.2 Å². The molecule has 0 aliphatic carbocycles. The van der Waals surface area contributed by atoms with Crippen molar-refractivity contribution in [1.29, 1.82) is 0 Å². The molecule has 0 atom stereocenters. The minimum absolute atomic E-state index is 0.